The van der Waals surface area contributed by atoms with Crippen LogP contribution in [0, 0.1) is 13.8 Å². The molecule has 0 saturated carbocycles. The van der Waals surface area contributed by atoms with Gasteiger partial charge in [0.05, 0.1) is 12.2 Å². The summed E-state index contributed by atoms with van der Waals surface area (Å²) in [5, 5.41) is 7.26. The van der Waals surface area contributed by atoms with E-state index in [1.165, 1.54) is 4.68 Å². The highest BCUT2D eigenvalue weighted by Crippen LogP contribution is 2.16. The van der Waals surface area contributed by atoms with Gasteiger partial charge in [-0.25, -0.2) is 4.68 Å². The van der Waals surface area contributed by atoms with Crippen molar-refractivity contribution in [3.63, 3.8) is 0 Å². The molecule has 3 rings (SSSR count). The van der Waals surface area contributed by atoms with Crippen LogP contribution in [-0.2, 0) is 19.4 Å². The molecule has 0 aliphatic heterocycles. The number of fused-ring (bicyclic) bond motifs is 1. The number of aryl methyl sites for hydroxylation is 4. The highest BCUT2D eigenvalue weighted by Gasteiger charge is 2.14. The van der Waals surface area contributed by atoms with Crippen LogP contribution in [-0.4, -0.2) is 22.2 Å². The second-order valence-corrected chi connectivity index (χ2v) is 6.16. The Morgan fingerprint density at radius 3 is 2.65 bits per heavy atom. The van der Waals surface area contributed by atoms with Crippen molar-refractivity contribution in [1.82, 2.24) is 15.1 Å². The third kappa shape index (κ3) is 3.50. The first-order chi connectivity index (χ1) is 11.0. The molecule has 0 bridgehead atoms. The quantitative estimate of drug-likeness (QED) is 0.936. The molecule has 0 atom stereocenters. The third-order valence-electron chi connectivity index (χ3n) is 4.12. The Morgan fingerprint density at radius 1 is 1.17 bits per heavy atom. The zero-order chi connectivity index (χ0) is 16.4. The first kappa shape index (κ1) is 15.5. The first-order valence-corrected chi connectivity index (χ1v) is 7.99. The number of amides is 1. The van der Waals surface area contributed by atoms with E-state index >= 15 is 0 Å². The number of hydrogen-bond donors (Lipinski definition) is 1. The van der Waals surface area contributed by atoms with Crippen LogP contribution in [0.25, 0.3) is 0 Å². The molecule has 1 aliphatic rings. The van der Waals surface area contributed by atoms with Crippen molar-refractivity contribution >= 4 is 5.91 Å². The molecule has 0 spiro atoms. The molecule has 0 fully saturated rings. The Balaban J connectivity index is 1.63. The van der Waals surface area contributed by atoms with Crippen LogP contribution >= 0.6 is 0 Å². The summed E-state index contributed by atoms with van der Waals surface area (Å²) in [7, 11) is 0. The van der Waals surface area contributed by atoms with Crippen LogP contribution in [0.3, 0.4) is 0 Å². The highest BCUT2D eigenvalue weighted by atomic mass is 16.1. The predicted octanol–water partition coefficient (Wildman–Crippen LogP) is 1.78. The Morgan fingerprint density at radius 2 is 1.91 bits per heavy atom. The number of nitrogens with one attached hydrogen (secondary N) is 1. The lowest BCUT2D eigenvalue weighted by Gasteiger charge is -2.09. The number of rotatable bonds is 4. The van der Waals surface area contributed by atoms with E-state index in [0.717, 1.165) is 41.6 Å². The number of aromatic nitrogens is 2. The summed E-state index contributed by atoms with van der Waals surface area (Å²) in [5.41, 5.74) is 4.78. The normalized spacial score (nSPS) is 13.0. The average molecular weight is 311 g/mol. The van der Waals surface area contributed by atoms with E-state index in [9.17, 15) is 9.59 Å². The molecule has 5 nitrogen and oxygen atoms in total. The lowest BCUT2D eigenvalue weighted by atomic mass is 10.1. The zero-order valence-corrected chi connectivity index (χ0v) is 13.6. The van der Waals surface area contributed by atoms with E-state index in [1.807, 2.05) is 32.0 Å². The molecule has 0 unspecified atom stereocenters. The molecular formula is C18H21N3O2. The van der Waals surface area contributed by atoms with Gasteiger partial charge in [-0.2, -0.15) is 5.10 Å². The van der Waals surface area contributed by atoms with E-state index in [-0.39, 0.29) is 11.5 Å². The Bertz CT molecular complexity index is 788. The van der Waals surface area contributed by atoms with Crippen molar-refractivity contribution in [2.75, 3.05) is 6.54 Å². The van der Waals surface area contributed by atoms with Gasteiger partial charge in [0.25, 0.3) is 11.5 Å². The standard InChI is InChI=1S/C18H21N3O2/c1-12-8-13(2)10-15(9-12)18(23)19-6-7-21-17(22)11-14-4-3-5-16(14)20-21/h8-11H,3-7H2,1-2H3,(H,19,23). The topological polar surface area (TPSA) is 64.0 Å². The van der Waals surface area contributed by atoms with Gasteiger partial charge in [0, 0.05) is 18.2 Å². The van der Waals surface area contributed by atoms with Crippen molar-refractivity contribution in [1.29, 1.82) is 0 Å². The Labute approximate surface area is 135 Å². The molecular weight excluding hydrogens is 290 g/mol. The molecule has 1 heterocycles. The van der Waals surface area contributed by atoms with Crippen LogP contribution in [0.5, 0.6) is 0 Å². The molecule has 1 N–H and O–H groups in total. The van der Waals surface area contributed by atoms with Crippen molar-refractivity contribution < 1.29 is 4.79 Å². The monoisotopic (exact) mass is 311 g/mol. The maximum absolute atomic E-state index is 12.2. The minimum Gasteiger partial charge on any atom is -0.350 e. The summed E-state index contributed by atoms with van der Waals surface area (Å²) < 4.78 is 1.45. The number of nitrogens with zero attached hydrogens (tertiary/aromatic N) is 2. The number of carbonyl (C=O) groups excluding carboxylic acids is 1. The number of benzene rings is 1. The Kier molecular flexibility index (Phi) is 4.28. The van der Waals surface area contributed by atoms with Gasteiger partial charge in [0.2, 0.25) is 0 Å². The fourth-order valence-electron chi connectivity index (χ4n) is 3.08. The number of hydrogen-bond acceptors (Lipinski definition) is 3. The second kappa shape index (κ2) is 6.36. The summed E-state index contributed by atoms with van der Waals surface area (Å²) >= 11 is 0. The van der Waals surface area contributed by atoms with Gasteiger partial charge in [-0.3, -0.25) is 9.59 Å². The summed E-state index contributed by atoms with van der Waals surface area (Å²) in [6.07, 6.45) is 2.95. The van der Waals surface area contributed by atoms with Gasteiger partial charge < -0.3 is 5.32 Å². The van der Waals surface area contributed by atoms with Crippen LogP contribution < -0.4 is 10.9 Å². The fourth-order valence-corrected chi connectivity index (χ4v) is 3.08. The maximum Gasteiger partial charge on any atom is 0.267 e. The first-order valence-electron chi connectivity index (χ1n) is 7.99. The van der Waals surface area contributed by atoms with E-state index in [0.29, 0.717) is 18.7 Å². The number of carbonyl (C=O) groups is 1. The minimum absolute atomic E-state index is 0.0914. The molecule has 1 aromatic heterocycles. The van der Waals surface area contributed by atoms with Crippen LogP contribution in [0.4, 0.5) is 0 Å². The van der Waals surface area contributed by atoms with Crippen molar-refractivity contribution in [2.24, 2.45) is 0 Å². The molecule has 0 radical (unpaired) electrons. The third-order valence-corrected chi connectivity index (χ3v) is 4.12. The van der Waals surface area contributed by atoms with Gasteiger partial charge in [0.1, 0.15) is 0 Å². The minimum atomic E-state index is -0.119. The van der Waals surface area contributed by atoms with Gasteiger partial charge in [-0.1, -0.05) is 17.2 Å². The van der Waals surface area contributed by atoms with E-state index < -0.39 is 0 Å². The van der Waals surface area contributed by atoms with Crippen molar-refractivity contribution in [2.45, 2.75) is 39.7 Å². The summed E-state index contributed by atoms with van der Waals surface area (Å²) in [5.74, 6) is -0.119. The summed E-state index contributed by atoms with van der Waals surface area (Å²) in [6.45, 7) is 4.72. The maximum atomic E-state index is 12.2. The van der Waals surface area contributed by atoms with Crippen LogP contribution in [0.2, 0.25) is 0 Å². The molecule has 1 aliphatic carbocycles. The van der Waals surface area contributed by atoms with Crippen LogP contribution in [0.15, 0.2) is 29.1 Å². The molecule has 1 amide bonds. The van der Waals surface area contributed by atoms with E-state index in [1.54, 1.807) is 6.07 Å². The largest absolute Gasteiger partial charge is 0.350 e. The zero-order valence-electron chi connectivity index (χ0n) is 13.6. The van der Waals surface area contributed by atoms with E-state index in [2.05, 4.69) is 10.4 Å². The molecule has 23 heavy (non-hydrogen) atoms. The van der Waals surface area contributed by atoms with Gasteiger partial charge in [-0.15, -0.1) is 0 Å². The lowest BCUT2D eigenvalue weighted by Crippen LogP contribution is -2.32. The van der Waals surface area contributed by atoms with Gasteiger partial charge >= 0.3 is 0 Å². The van der Waals surface area contributed by atoms with Crippen molar-refractivity contribution in [3.05, 3.63) is 62.6 Å². The average Bonchev–Trinajstić information content (AvgIpc) is 2.93. The smallest absolute Gasteiger partial charge is 0.267 e. The molecule has 0 saturated heterocycles. The predicted molar refractivity (Wildman–Crippen MR) is 88.8 cm³/mol. The van der Waals surface area contributed by atoms with E-state index in [4.69, 9.17) is 0 Å². The second-order valence-electron chi connectivity index (χ2n) is 6.16. The summed E-state index contributed by atoms with van der Waals surface area (Å²) in [6, 6.07) is 7.44. The SMILES string of the molecule is Cc1cc(C)cc(C(=O)NCCn2nc3c(cc2=O)CCC3)c1. The Hall–Kier alpha value is -2.43. The van der Waals surface area contributed by atoms with Gasteiger partial charge in [0.15, 0.2) is 0 Å². The summed E-state index contributed by atoms with van der Waals surface area (Å²) in [4.78, 5) is 24.2. The fraction of sp³-hybridized carbons (Fsp3) is 0.389. The molecule has 2 aromatic rings. The highest BCUT2D eigenvalue weighted by molar-refractivity contribution is 5.94. The lowest BCUT2D eigenvalue weighted by molar-refractivity contribution is 0.0951. The van der Waals surface area contributed by atoms with Crippen LogP contribution in [0.1, 0.15) is 39.2 Å². The molecule has 5 heteroatoms. The molecule has 120 valence electrons. The van der Waals surface area contributed by atoms with Gasteiger partial charge in [-0.05, 0) is 50.8 Å². The molecule has 1 aromatic carbocycles. The van der Waals surface area contributed by atoms with Crippen molar-refractivity contribution in [3.8, 4) is 0 Å².